The summed E-state index contributed by atoms with van der Waals surface area (Å²) in [7, 11) is 0. The molecule has 1 atom stereocenters. The van der Waals surface area contributed by atoms with Crippen molar-refractivity contribution in [3.63, 3.8) is 0 Å². The molecule has 1 aromatic heterocycles. The molecule has 160 valence electrons. The minimum atomic E-state index is -0.801. The van der Waals surface area contributed by atoms with E-state index >= 15 is 0 Å². The number of carboxylic acid groups (broad SMARTS) is 1. The zero-order valence-electron chi connectivity index (χ0n) is 18.0. The summed E-state index contributed by atoms with van der Waals surface area (Å²) in [5.74, 6) is 0.582. The first kappa shape index (κ1) is 23.2. The lowest BCUT2D eigenvalue weighted by Gasteiger charge is -2.18. The smallest absolute Gasteiger partial charge is 0.303 e. The fourth-order valence-corrected chi connectivity index (χ4v) is 3.04. The average Bonchev–Trinajstić information content (AvgIpc) is 2.78. The first-order valence-electron chi connectivity index (χ1n) is 10.6. The molecule has 2 aromatic carbocycles. The fraction of sp³-hybridized carbons (Fsp3) is 0.360. The van der Waals surface area contributed by atoms with Crippen LogP contribution in [0.2, 0.25) is 0 Å². The van der Waals surface area contributed by atoms with E-state index in [1.165, 1.54) is 0 Å². The minimum absolute atomic E-state index is 0.106. The highest BCUT2D eigenvalue weighted by molar-refractivity contribution is 5.78. The van der Waals surface area contributed by atoms with Gasteiger partial charge in [0, 0.05) is 17.9 Å². The van der Waals surface area contributed by atoms with Crippen molar-refractivity contribution in [2.75, 3.05) is 0 Å². The summed E-state index contributed by atoms with van der Waals surface area (Å²) < 4.78 is 11.9. The van der Waals surface area contributed by atoms with Crippen LogP contribution in [0, 0.1) is 0 Å². The third kappa shape index (κ3) is 7.39. The van der Waals surface area contributed by atoms with Gasteiger partial charge in [0.1, 0.15) is 18.1 Å². The molecule has 0 saturated heterocycles. The van der Waals surface area contributed by atoms with Crippen LogP contribution in [-0.2, 0) is 11.4 Å². The Labute approximate surface area is 178 Å². The Balaban J connectivity index is 0.00000155. The number of aromatic nitrogens is 1. The van der Waals surface area contributed by atoms with Crippen molar-refractivity contribution in [1.29, 1.82) is 0 Å². The number of rotatable bonds is 10. The lowest BCUT2D eigenvalue weighted by molar-refractivity contribution is -0.137. The molecule has 3 aromatic rings. The maximum Gasteiger partial charge on any atom is 0.303 e. The second kappa shape index (κ2) is 12.5. The van der Waals surface area contributed by atoms with Crippen molar-refractivity contribution in [3.05, 3.63) is 66.4 Å². The molecule has 0 amide bonds. The van der Waals surface area contributed by atoms with Gasteiger partial charge in [0.15, 0.2) is 0 Å². The Morgan fingerprint density at radius 2 is 1.77 bits per heavy atom. The van der Waals surface area contributed by atoms with Crippen molar-refractivity contribution in [3.8, 4) is 11.5 Å². The summed E-state index contributed by atoms with van der Waals surface area (Å²) >= 11 is 0. The van der Waals surface area contributed by atoms with Gasteiger partial charge in [0.25, 0.3) is 0 Å². The number of fused-ring (bicyclic) bond motifs is 1. The van der Waals surface area contributed by atoms with Crippen LogP contribution in [0.3, 0.4) is 0 Å². The van der Waals surface area contributed by atoms with Crippen molar-refractivity contribution in [2.24, 2.45) is 0 Å². The molecule has 0 spiro atoms. The summed E-state index contributed by atoms with van der Waals surface area (Å²) in [6.07, 6.45) is 2.25. The van der Waals surface area contributed by atoms with Crippen LogP contribution < -0.4 is 9.47 Å². The van der Waals surface area contributed by atoms with Crippen molar-refractivity contribution in [1.82, 2.24) is 4.98 Å². The summed E-state index contributed by atoms with van der Waals surface area (Å²) in [5, 5.41) is 10.0. The van der Waals surface area contributed by atoms with Crippen LogP contribution >= 0.6 is 0 Å². The van der Waals surface area contributed by atoms with Crippen LogP contribution in [0.1, 0.15) is 52.1 Å². The van der Waals surface area contributed by atoms with Gasteiger partial charge in [-0.15, -0.1) is 0 Å². The first-order valence-corrected chi connectivity index (χ1v) is 10.6. The zero-order chi connectivity index (χ0) is 21.8. The number of carbonyl (C=O) groups is 1. The topological polar surface area (TPSA) is 68.7 Å². The molecule has 1 N–H and O–H groups in total. The van der Waals surface area contributed by atoms with Crippen LogP contribution in [0.5, 0.6) is 11.5 Å². The Bertz CT molecular complexity index is 926. The third-order valence-corrected chi connectivity index (χ3v) is 4.44. The lowest BCUT2D eigenvalue weighted by atomic mass is 10.1. The van der Waals surface area contributed by atoms with Gasteiger partial charge in [-0.1, -0.05) is 57.5 Å². The standard InChI is InChI=1S/C23H25NO4.C2H6/c1-2-6-19(13-14-23(25)26)28-21-9-5-8-20(15-21)27-16-18-12-11-17-7-3-4-10-22(17)24-18;1-2/h3-5,7-12,15,19H,2,6,13-14,16H2,1H3,(H,25,26);1-2H3. The number of hydrogen-bond acceptors (Lipinski definition) is 4. The van der Waals surface area contributed by atoms with E-state index in [4.69, 9.17) is 14.6 Å². The predicted octanol–water partition coefficient (Wildman–Crippen LogP) is 6.25. The lowest BCUT2D eigenvalue weighted by Crippen LogP contribution is -2.17. The molecule has 0 aliphatic carbocycles. The van der Waals surface area contributed by atoms with Crippen molar-refractivity contribution in [2.45, 2.75) is 59.2 Å². The second-order valence-electron chi connectivity index (χ2n) is 6.72. The number of hydrogen-bond donors (Lipinski definition) is 1. The number of aliphatic carboxylic acids is 1. The van der Waals surface area contributed by atoms with Crippen LogP contribution in [0.25, 0.3) is 10.9 Å². The highest BCUT2D eigenvalue weighted by Crippen LogP contribution is 2.23. The van der Waals surface area contributed by atoms with E-state index in [1.807, 2.05) is 74.5 Å². The summed E-state index contributed by atoms with van der Waals surface area (Å²) in [4.78, 5) is 15.4. The number of para-hydroxylation sites is 1. The Hall–Kier alpha value is -3.08. The second-order valence-corrected chi connectivity index (χ2v) is 6.72. The molecule has 30 heavy (non-hydrogen) atoms. The van der Waals surface area contributed by atoms with Gasteiger partial charge >= 0.3 is 5.97 Å². The molecule has 1 heterocycles. The number of benzene rings is 2. The third-order valence-electron chi connectivity index (χ3n) is 4.44. The summed E-state index contributed by atoms with van der Waals surface area (Å²) in [5.41, 5.74) is 1.80. The fourth-order valence-electron chi connectivity index (χ4n) is 3.04. The largest absolute Gasteiger partial charge is 0.490 e. The maximum atomic E-state index is 10.8. The van der Waals surface area contributed by atoms with E-state index in [9.17, 15) is 4.79 Å². The molecular formula is C25H31NO4. The monoisotopic (exact) mass is 409 g/mol. The molecule has 5 nitrogen and oxygen atoms in total. The molecule has 0 aliphatic heterocycles. The predicted molar refractivity (Wildman–Crippen MR) is 120 cm³/mol. The quantitative estimate of drug-likeness (QED) is 0.428. The number of ether oxygens (including phenoxy) is 2. The SMILES string of the molecule is CC.CCCC(CCC(=O)O)Oc1cccc(OCc2ccc3ccccc3n2)c1. The Morgan fingerprint density at radius 1 is 1.00 bits per heavy atom. The van der Waals surface area contributed by atoms with Gasteiger partial charge in [-0.05, 0) is 37.1 Å². The molecule has 0 bridgehead atoms. The number of nitrogens with zero attached hydrogens (tertiary/aromatic N) is 1. The molecule has 3 rings (SSSR count). The normalized spacial score (nSPS) is 11.3. The van der Waals surface area contributed by atoms with Gasteiger partial charge in [0.05, 0.1) is 17.3 Å². The number of carboxylic acids is 1. The van der Waals surface area contributed by atoms with Crippen LogP contribution in [0.4, 0.5) is 0 Å². The Morgan fingerprint density at radius 3 is 2.53 bits per heavy atom. The molecular weight excluding hydrogens is 378 g/mol. The van der Waals surface area contributed by atoms with E-state index < -0.39 is 5.97 Å². The minimum Gasteiger partial charge on any atom is -0.490 e. The van der Waals surface area contributed by atoms with Crippen LogP contribution in [-0.4, -0.2) is 22.2 Å². The van der Waals surface area contributed by atoms with E-state index in [2.05, 4.69) is 11.9 Å². The van der Waals surface area contributed by atoms with Crippen LogP contribution in [0.15, 0.2) is 60.7 Å². The van der Waals surface area contributed by atoms with E-state index in [0.717, 1.165) is 29.4 Å². The highest BCUT2D eigenvalue weighted by atomic mass is 16.5. The average molecular weight is 410 g/mol. The molecule has 5 heteroatoms. The number of pyridine rings is 1. The molecule has 0 fully saturated rings. The highest BCUT2D eigenvalue weighted by Gasteiger charge is 2.12. The van der Waals surface area contributed by atoms with Crippen molar-refractivity contribution < 1.29 is 19.4 Å². The first-order chi connectivity index (χ1) is 14.6. The van der Waals surface area contributed by atoms with E-state index in [1.54, 1.807) is 0 Å². The summed E-state index contributed by atoms with van der Waals surface area (Å²) in [6, 6.07) is 19.4. The van der Waals surface area contributed by atoms with E-state index in [-0.39, 0.29) is 12.5 Å². The Kier molecular flexibility index (Phi) is 9.65. The van der Waals surface area contributed by atoms with Crippen molar-refractivity contribution >= 4 is 16.9 Å². The van der Waals surface area contributed by atoms with Gasteiger partial charge in [-0.3, -0.25) is 4.79 Å². The van der Waals surface area contributed by atoms with Gasteiger partial charge in [-0.2, -0.15) is 0 Å². The van der Waals surface area contributed by atoms with Gasteiger partial charge in [-0.25, -0.2) is 4.98 Å². The van der Waals surface area contributed by atoms with Gasteiger partial charge in [0.2, 0.25) is 0 Å². The van der Waals surface area contributed by atoms with Gasteiger partial charge < -0.3 is 14.6 Å². The molecule has 1 unspecified atom stereocenters. The summed E-state index contributed by atoms with van der Waals surface area (Å²) in [6.45, 7) is 6.43. The molecule has 0 radical (unpaired) electrons. The van der Waals surface area contributed by atoms with E-state index in [0.29, 0.717) is 24.5 Å². The molecule has 0 aliphatic rings. The molecule has 0 saturated carbocycles. The maximum absolute atomic E-state index is 10.8. The zero-order valence-corrected chi connectivity index (χ0v) is 18.0.